The van der Waals surface area contributed by atoms with Gasteiger partial charge in [0.25, 0.3) is 11.7 Å². The predicted molar refractivity (Wildman–Crippen MR) is 117 cm³/mol. The summed E-state index contributed by atoms with van der Waals surface area (Å²) in [5, 5.41) is 11.0. The molecule has 1 aliphatic rings. The predicted octanol–water partition coefficient (Wildman–Crippen LogP) is 4.82. The molecule has 1 unspecified atom stereocenters. The first-order valence-electron chi connectivity index (χ1n) is 10.2. The van der Waals surface area contributed by atoms with Gasteiger partial charge < -0.3 is 14.7 Å². The zero-order valence-corrected chi connectivity index (χ0v) is 18.2. The average molecular weight is 408 g/mol. The van der Waals surface area contributed by atoms with Crippen molar-refractivity contribution in [3.05, 3.63) is 70.8 Å². The highest BCUT2D eigenvalue weighted by molar-refractivity contribution is 6.46. The Morgan fingerprint density at radius 1 is 1.03 bits per heavy atom. The van der Waals surface area contributed by atoms with Gasteiger partial charge >= 0.3 is 0 Å². The topological polar surface area (TPSA) is 66.8 Å². The molecule has 1 N–H and O–H groups in total. The van der Waals surface area contributed by atoms with Crippen LogP contribution in [0.1, 0.15) is 56.8 Å². The number of nitrogens with zero attached hydrogens (tertiary/aromatic N) is 1. The number of hydrogen-bond donors (Lipinski definition) is 1. The van der Waals surface area contributed by atoms with Crippen LogP contribution in [0.4, 0.5) is 0 Å². The number of carbonyl (C=O) groups is 2. The van der Waals surface area contributed by atoms with Crippen LogP contribution >= 0.6 is 0 Å². The zero-order chi connectivity index (χ0) is 22.1. The van der Waals surface area contributed by atoms with E-state index < -0.39 is 17.7 Å². The van der Waals surface area contributed by atoms with E-state index in [-0.39, 0.29) is 16.7 Å². The lowest BCUT2D eigenvalue weighted by Gasteiger charge is -2.26. The molecule has 1 heterocycles. The molecular formula is C25H29NO4. The molecule has 1 saturated heterocycles. The summed E-state index contributed by atoms with van der Waals surface area (Å²) in [5.41, 5.74) is 2.57. The minimum Gasteiger partial charge on any atom is -0.507 e. The molecule has 1 amide bonds. The van der Waals surface area contributed by atoms with Crippen LogP contribution in [0.2, 0.25) is 0 Å². The van der Waals surface area contributed by atoms with Crippen LogP contribution in [0.5, 0.6) is 5.75 Å². The van der Waals surface area contributed by atoms with E-state index >= 15 is 0 Å². The van der Waals surface area contributed by atoms with E-state index in [0.29, 0.717) is 24.3 Å². The molecule has 0 aliphatic carbocycles. The molecule has 0 spiro atoms. The average Bonchev–Trinajstić information content (AvgIpc) is 2.98. The molecular weight excluding hydrogens is 378 g/mol. The molecule has 0 radical (unpaired) electrons. The van der Waals surface area contributed by atoms with Gasteiger partial charge in [-0.2, -0.15) is 0 Å². The second-order valence-electron chi connectivity index (χ2n) is 8.59. The van der Waals surface area contributed by atoms with Crippen molar-refractivity contribution in [1.29, 1.82) is 0 Å². The van der Waals surface area contributed by atoms with Gasteiger partial charge in [-0.05, 0) is 47.2 Å². The van der Waals surface area contributed by atoms with Gasteiger partial charge in [-0.25, -0.2) is 0 Å². The van der Waals surface area contributed by atoms with Crippen molar-refractivity contribution in [3.63, 3.8) is 0 Å². The van der Waals surface area contributed by atoms with Crippen molar-refractivity contribution in [2.75, 3.05) is 13.7 Å². The van der Waals surface area contributed by atoms with Gasteiger partial charge in [0.05, 0.1) is 18.7 Å². The second kappa shape index (κ2) is 8.34. The number of carbonyl (C=O) groups excluding carboxylic acids is 2. The van der Waals surface area contributed by atoms with Crippen LogP contribution in [0, 0.1) is 0 Å². The van der Waals surface area contributed by atoms with E-state index in [9.17, 15) is 14.7 Å². The van der Waals surface area contributed by atoms with E-state index in [1.54, 1.807) is 36.3 Å². The summed E-state index contributed by atoms with van der Waals surface area (Å²) in [6.45, 7) is 8.80. The second-order valence-corrected chi connectivity index (χ2v) is 8.59. The standard InChI is InChI=1S/C25H29NO4/c1-6-15-26-21(16-7-11-18(12-8-16)25(2,3)4)20(23(28)24(26)29)22(27)17-9-13-19(30-5)14-10-17/h7-14,21,27H,6,15H2,1-5H3/b22-20-. The highest BCUT2D eigenvalue weighted by Crippen LogP contribution is 2.40. The number of ketones is 1. The first-order chi connectivity index (χ1) is 14.2. The van der Waals surface area contributed by atoms with Crippen LogP contribution < -0.4 is 4.74 Å². The summed E-state index contributed by atoms with van der Waals surface area (Å²) < 4.78 is 5.16. The summed E-state index contributed by atoms with van der Waals surface area (Å²) >= 11 is 0. The van der Waals surface area contributed by atoms with Gasteiger partial charge in [-0.3, -0.25) is 9.59 Å². The minimum absolute atomic E-state index is 0.00709. The van der Waals surface area contributed by atoms with E-state index in [0.717, 1.165) is 11.1 Å². The van der Waals surface area contributed by atoms with Crippen LogP contribution in [0.3, 0.4) is 0 Å². The van der Waals surface area contributed by atoms with Crippen molar-refractivity contribution in [2.45, 2.75) is 45.6 Å². The number of Topliss-reactive ketones (excluding diaryl/α,β-unsaturated/α-hetero) is 1. The number of amides is 1. The molecule has 5 heteroatoms. The summed E-state index contributed by atoms with van der Waals surface area (Å²) in [5.74, 6) is -0.745. The van der Waals surface area contributed by atoms with Crippen molar-refractivity contribution in [1.82, 2.24) is 4.90 Å². The number of methoxy groups -OCH3 is 1. The van der Waals surface area contributed by atoms with E-state index in [4.69, 9.17) is 4.74 Å². The molecule has 0 saturated carbocycles. The maximum atomic E-state index is 12.9. The Balaban J connectivity index is 2.13. The third kappa shape index (κ3) is 3.97. The Morgan fingerprint density at radius 3 is 2.13 bits per heavy atom. The first-order valence-corrected chi connectivity index (χ1v) is 10.2. The maximum Gasteiger partial charge on any atom is 0.295 e. The monoisotopic (exact) mass is 407 g/mol. The summed E-state index contributed by atoms with van der Waals surface area (Å²) in [4.78, 5) is 27.2. The Bertz CT molecular complexity index is 966. The summed E-state index contributed by atoms with van der Waals surface area (Å²) in [6.07, 6.45) is 0.714. The number of benzene rings is 2. The van der Waals surface area contributed by atoms with E-state index in [1.807, 2.05) is 31.2 Å². The molecule has 158 valence electrons. The maximum absolute atomic E-state index is 12.9. The molecule has 30 heavy (non-hydrogen) atoms. The van der Waals surface area contributed by atoms with Crippen molar-refractivity contribution >= 4 is 17.4 Å². The fourth-order valence-electron chi connectivity index (χ4n) is 3.77. The Kier molecular flexibility index (Phi) is 6.01. The van der Waals surface area contributed by atoms with Crippen LogP contribution in [0.15, 0.2) is 54.1 Å². The van der Waals surface area contributed by atoms with Crippen molar-refractivity contribution in [3.8, 4) is 5.75 Å². The Labute approximate surface area is 178 Å². The molecule has 1 aliphatic heterocycles. The minimum atomic E-state index is -0.651. The normalized spacial score (nSPS) is 18.7. The first kappa shape index (κ1) is 21.6. The fourth-order valence-corrected chi connectivity index (χ4v) is 3.77. The molecule has 0 aromatic heterocycles. The lowest BCUT2D eigenvalue weighted by Crippen LogP contribution is -2.30. The Hall–Kier alpha value is -3.08. The van der Waals surface area contributed by atoms with E-state index in [2.05, 4.69) is 20.8 Å². The SMILES string of the molecule is CCCN1C(=O)C(=O)/C(=C(\O)c2ccc(OC)cc2)C1c1ccc(C(C)(C)C)cc1. The number of rotatable bonds is 5. The lowest BCUT2D eigenvalue weighted by molar-refractivity contribution is -0.139. The van der Waals surface area contributed by atoms with Gasteiger partial charge in [-0.1, -0.05) is 52.0 Å². The highest BCUT2D eigenvalue weighted by Gasteiger charge is 2.45. The molecule has 5 nitrogen and oxygen atoms in total. The van der Waals surface area contributed by atoms with Gasteiger partial charge in [0, 0.05) is 12.1 Å². The van der Waals surface area contributed by atoms with Crippen LogP contribution in [-0.2, 0) is 15.0 Å². The summed E-state index contributed by atoms with van der Waals surface area (Å²) in [7, 11) is 1.56. The van der Waals surface area contributed by atoms with Crippen molar-refractivity contribution < 1.29 is 19.4 Å². The van der Waals surface area contributed by atoms with Crippen molar-refractivity contribution in [2.24, 2.45) is 0 Å². The lowest BCUT2D eigenvalue weighted by atomic mass is 9.85. The quantitative estimate of drug-likeness (QED) is 0.438. The van der Waals surface area contributed by atoms with Crippen LogP contribution in [0.25, 0.3) is 5.76 Å². The molecule has 2 aromatic carbocycles. The van der Waals surface area contributed by atoms with Crippen LogP contribution in [-0.4, -0.2) is 35.4 Å². The fraction of sp³-hybridized carbons (Fsp3) is 0.360. The number of ether oxygens (including phenoxy) is 1. The summed E-state index contributed by atoms with van der Waals surface area (Å²) in [6, 6.07) is 14.1. The van der Waals surface area contributed by atoms with Gasteiger partial charge in [0.2, 0.25) is 0 Å². The highest BCUT2D eigenvalue weighted by atomic mass is 16.5. The molecule has 1 atom stereocenters. The van der Waals surface area contributed by atoms with E-state index in [1.165, 1.54) is 0 Å². The number of likely N-dealkylation sites (tertiary alicyclic amines) is 1. The van der Waals surface area contributed by atoms with Gasteiger partial charge in [-0.15, -0.1) is 0 Å². The molecule has 2 aromatic rings. The number of aliphatic hydroxyl groups excluding tert-OH is 1. The third-order valence-corrected chi connectivity index (χ3v) is 5.46. The number of aliphatic hydroxyl groups is 1. The largest absolute Gasteiger partial charge is 0.507 e. The number of hydrogen-bond acceptors (Lipinski definition) is 4. The molecule has 1 fully saturated rings. The molecule has 3 rings (SSSR count). The Morgan fingerprint density at radius 2 is 1.63 bits per heavy atom. The third-order valence-electron chi connectivity index (χ3n) is 5.46. The van der Waals surface area contributed by atoms with Gasteiger partial charge in [0.1, 0.15) is 11.5 Å². The molecule has 0 bridgehead atoms. The van der Waals surface area contributed by atoms with Gasteiger partial charge in [0.15, 0.2) is 0 Å². The zero-order valence-electron chi connectivity index (χ0n) is 18.2. The smallest absolute Gasteiger partial charge is 0.295 e.